The molecule has 0 aliphatic heterocycles. The van der Waals surface area contributed by atoms with Crippen molar-refractivity contribution in [3.8, 4) is 11.5 Å². The van der Waals surface area contributed by atoms with Gasteiger partial charge in [0.15, 0.2) is 0 Å². The average Bonchev–Trinajstić information content (AvgIpc) is 2.95. The molecule has 2 rings (SSSR count). The van der Waals surface area contributed by atoms with Crippen LogP contribution in [0, 0.1) is 0 Å². The number of carbonyl (C=O) groups excluding carboxylic acids is 1. The van der Waals surface area contributed by atoms with E-state index < -0.39 is 5.91 Å². The third-order valence-corrected chi connectivity index (χ3v) is 2.43. The Balaban J connectivity index is 1.99. The monoisotopic (exact) mass is 274 g/mol. The lowest BCUT2D eigenvalue weighted by atomic mass is 10.2. The molecule has 0 bridgehead atoms. The molecule has 0 unspecified atom stereocenters. The Morgan fingerprint density at radius 2 is 2.40 bits per heavy atom. The van der Waals surface area contributed by atoms with Crippen LogP contribution in [0.2, 0.25) is 0 Å². The van der Waals surface area contributed by atoms with Crippen molar-refractivity contribution in [1.82, 2.24) is 15.6 Å². The fourth-order valence-corrected chi connectivity index (χ4v) is 1.49. The molecule has 7 nitrogen and oxygen atoms in total. The van der Waals surface area contributed by atoms with Gasteiger partial charge in [-0.1, -0.05) is 0 Å². The lowest BCUT2D eigenvalue weighted by Gasteiger charge is -2.04. The molecule has 1 aromatic carbocycles. The maximum Gasteiger partial charge on any atom is 0.289 e. The highest BCUT2D eigenvalue weighted by Gasteiger charge is 2.05. The summed E-state index contributed by atoms with van der Waals surface area (Å²) in [5.41, 5.74) is 3.09. The molecule has 0 fully saturated rings. The van der Waals surface area contributed by atoms with E-state index in [1.54, 1.807) is 12.1 Å². The highest BCUT2D eigenvalue weighted by atomic mass is 16.5. The summed E-state index contributed by atoms with van der Waals surface area (Å²) in [6, 6.07) is 6.37. The second-order valence-electron chi connectivity index (χ2n) is 3.82. The van der Waals surface area contributed by atoms with Crippen LogP contribution in [0.4, 0.5) is 0 Å². The van der Waals surface area contributed by atoms with Crippen molar-refractivity contribution >= 4 is 12.1 Å². The first-order chi connectivity index (χ1) is 9.70. The van der Waals surface area contributed by atoms with Gasteiger partial charge in [-0.3, -0.25) is 9.89 Å². The minimum atomic E-state index is -0.413. The fraction of sp³-hybridized carbons (Fsp3) is 0.154. The van der Waals surface area contributed by atoms with Crippen LogP contribution in [0.25, 0.3) is 0 Å². The van der Waals surface area contributed by atoms with Gasteiger partial charge in [0, 0.05) is 17.8 Å². The van der Waals surface area contributed by atoms with Gasteiger partial charge in [0.2, 0.25) is 0 Å². The second-order valence-corrected chi connectivity index (χ2v) is 3.82. The van der Waals surface area contributed by atoms with Crippen molar-refractivity contribution < 1.29 is 14.6 Å². The third kappa shape index (κ3) is 3.35. The van der Waals surface area contributed by atoms with Crippen molar-refractivity contribution in [3.05, 3.63) is 41.7 Å². The number of aromatic nitrogens is 2. The molecule has 0 aliphatic rings. The molecule has 0 saturated heterocycles. The Bertz CT molecular complexity index is 608. The number of benzene rings is 1. The van der Waals surface area contributed by atoms with Gasteiger partial charge in [0.1, 0.15) is 17.2 Å². The number of carbonyl (C=O) groups is 1. The number of amides is 1. The van der Waals surface area contributed by atoms with Gasteiger partial charge < -0.3 is 9.84 Å². The molecule has 20 heavy (non-hydrogen) atoms. The van der Waals surface area contributed by atoms with Crippen LogP contribution in [-0.2, 0) is 0 Å². The van der Waals surface area contributed by atoms with Crippen LogP contribution in [0.15, 0.2) is 35.6 Å². The second kappa shape index (κ2) is 6.37. The number of phenols is 1. The minimum Gasteiger partial charge on any atom is -0.507 e. The molecule has 1 heterocycles. The van der Waals surface area contributed by atoms with Crippen LogP contribution in [0.5, 0.6) is 11.5 Å². The number of ether oxygens (including phenoxy) is 1. The number of nitrogens with zero attached hydrogens (tertiary/aromatic N) is 2. The SMILES string of the molecule is CCOc1ccc(C=NNC(=O)c2ccn[nH]2)c(O)c1. The lowest BCUT2D eigenvalue weighted by molar-refractivity contribution is 0.0950. The smallest absolute Gasteiger partial charge is 0.289 e. The van der Waals surface area contributed by atoms with E-state index in [2.05, 4.69) is 20.7 Å². The molecular formula is C13H14N4O3. The molecule has 0 aliphatic carbocycles. The van der Waals surface area contributed by atoms with Gasteiger partial charge in [-0.2, -0.15) is 10.2 Å². The molecule has 104 valence electrons. The van der Waals surface area contributed by atoms with Crippen molar-refractivity contribution in [1.29, 1.82) is 0 Å². The molecule has 0 saturated carbocycles. The van der Waals surface area contributed by atoms with Gasteiger partial charge in [0.25, 0.3) is 5.91 Å². The topological polar surface area (TPSA) is 99.6 Å². The molecule has 7 heteroatoms. The summed E-state index contributed by atoms with van der Waals surface area (Å²) in [7, 11) is 0. The van der Waals surface area contributed by atoms with E-state index >= 15 is 0 Å². The Morgan fingerprint density at radius 3 is 3.05 bits per heavy atom. The van der Waals surface area contributed by atoms with Crippen LogP contribution in [-0.4, -0.2) is 34.0 Å². The number of phenolic OH excluding ortho intramolecular Hbond substituents is 1. The maximum absolute atomic E-state index is 11.5. The van der Waals surface area contributed by atoms with Crippen LogP contribution >= 0.6 is 0 Å². The highest BCUT2D eigenvalue weighted by Crippen LogP contribution is 2.22. The number of hydrogen-bond acceptors (Lipinski definition) is 5. The van der Waals surface area contributed by atoms with E-state index in [9.17, 15) is 9.90 Å². The summed E-state index contributed by atoms with van der Waals surface area (Å²) in [6.07, 6.45) is 2.82. The molecule has 3 N–H and O–H groups in total. The first-order valence-electron chi connectivity index (χ1n) is 5.99. The summed E-state index contributed by atoms with van der Waals surface area (Å²) in [4.78, 5) is 11.5. The van der Waals surface area contributed by atoms with Crippen molar-refractivity contribution in [3.63, 3.8) is 0 Å². The van der Waals surface area contributed by atoms with E-state index in [0.717, 1.165) is 0 Å². The molecule has 1 aromatic heterocycles. The van der Waals surface area contributed by atoms with Gasteiger partial charge in [-0.25, -0.2) is 5.43 Å². The lowest BCUT2D eigenvalue weighted by Crippen LogP contribution is -2.18. The molecular weight excluding hydrogens is 260 g/mol. The van der Waals surface area contributed by atoms with E-state index in [-0.39, 0.29) is 5.75 Å². The summed E-state index contributed by atoms with van der Waals surface area (Å²) in [5, 5.41) is 19.7. The number of hydrazone groups is 1. The first-order valence-corrected chi connectivity index (χ1v) is 5.99. The predicted octanol–water partition coefficient (Wildman–Crippen LogP) is 1.28. The third-order valence-electron chi connectivity index (χ3n) is 2.43. The van der Waals surface area contributed by atoms with Crippen molar-refractivity contribution in [2.24, 2.45) is 5.10 Å². The Labute approximate surface area is 115 Å². The maximum atomic E-state index is 11.5. The average molecular weight is 274 g/mol. The Morgan fingerprint density at radius 1 is 1.55 bits per heavy atom. The van der Waals surface area contributed by atoms with Gasteiger partial charge in [-0.15, -0.1) is 0 Å². The number of hydrogen-bond donors (Lipinski definition) is 3. The van der Waals surface area contributed by atoms with Crippen LogP contribution < -0.4 is 10.2 Å². The molecule has 0 radical (unpaired) electrons. The number of nitrogens with one attached hydrogen (secondary N) is 2. The summed E-state index contributed by atoms with van der Waals surface area (Å²) < 4.78 is 5.25. The molecule has 2 aromatic rings. The number of H-pyrrole nitrogens is 1. The zero-order valence-corrected chi connectivity index (χ0v) is 10.8. The Kier molecular flexibility index (Phi) is 4.33. The fourth-order valence-electron chi connectivity index (χ4n) is 1.49. The molecule has 0 spiro atoms. The van der Waals surface area contributed by atoms with Crippen LogP contribution in [0.1, 0.15) is 23.0 Å². The zero-order valence-electron chi connectivity index (χ0n) is 10.8. The summed E-state index contributed by atoms with van der Waals surface area (Å²) in [6.45, 7) is 2.38. The number of aromatic hydroxyl groups is 1. The van der Waals surface area contributed by atoms with Gasteiger partial charge in [-0.05, 0) is 25.1 Å². The van der Waals surface area contributed by atoms with E-state index in [4.69, 9.17) is 4.74 Å². The number of rotatable bonds is 5. The number of aromatic amines is 1. The summed E-state index contributed by atoms with van der Waals surface area (Å²) >= 11 is 0. The highest BCUT2D eigenvalue weighted by molar-refractivity contribution is 5.93. The van der Waals surface area contributed by atoms with E-state index in [1.807, 2.05) is 6.92 Å². The molecule has 1 amide bonds. The van der Waals surface area contributed by atoms with E-state index in [0.29, 0.717) is 23.6 Å². The minimum absolute atomic E-state index is 0.0236. The molecule has 0 atom stereocenters. The largest absolute Gasteiger partial charge is 0.507 e. The standard InChI is InChI=1S/C13H14N4O3/c1-2-20-10-4-3-9(12(18)7-10)8-15-17-13(19)11-5-6-14-16-11/h3-8,18H,2H2,1H3,(H,14,16)(H,17,19). The van der Waals surface area contributed by atoms with Crippen molar-refractivity contribution in [2.75, 3.05) is 6.61 Å². The first kappa shape index (κ1) is 13.6. The zero-order chi connectivity index (χ0) is 14.4. The Hall–Kier alpha value is -2.83. The van der Waals surface area contributed by atoms with Crippen molar-refractivity contribution in [2.45, 2.75) is 6.92 Å². The normalized spacial score (nSPS) is 10.7. The quantitative estimate of drug-likeness (QED) is 0.564. The van der Waals surface area contributed by atoms with E-state index in [1.165, 1.54) is 24.5 Å². The van der Waals surface area contributed by atoms with Gasteiger partial charge >= 0.3 is 0 Å². The van der Waals surface area contributed by atoms with Crippen LogP contribution in [0.3, 0.4) is 0 Å². The van der Waals surface area contributed by atoms with Gasteiger partial charge in [0.05, 0.1) is 12.8 Å². The predicted molar refractivity (Wildman–Crippen MR) is 72.9 cm³/mol. The summed E-state index contributed by atoms with van der Waals surface area (Å²) in [5.74, 6) is 0.184.